The third-order valence-electron chi connectivity index (χ3n) is 3.88. The van der Waals surface area contributed by atoms with E-state index in [1.54, 1.807) is 18.2 Å². The highest BCUT2D eigenvalue weighted by Gasteiger charge is 2.45. The molecule has 1 amide bonds. The third-order valence-corrected chi connectivity index (χ3v) is 3.88. The quantitative estimate of drug-likeness (QED) is 0.868. The number of alkyl halides is 2. The Balaban J connectivity index is 1.66. The minimum Gasteiger partial charge on any atom is -0.477 e. The zero-order valence-electron chi connectivity index (χ0n) is 12.3. The summed E-state index contributed by atoms with van der Waals surface area (Å²) in [6, 6.07) is 6.56. The van der Waals surface area contributed by atoms with Crippen LogP contribution in [0.3, 0.4) is 0 Å². The molecule has 23 heavy (non-hydrogen) atoms. The van der Waals surface area contributed by atoms with Gasteiger partial charge in [0.15, 0.2) is 0 Å². The van der Waals surface area contributed by atoms with Gasteiger partial charge in [0.1, 0.15) is 12.9 Å². The minimum atomic E-state index is -2.87. The van der Waals surface area contributed by atoms with E-state index in [0.717, 1.165) is 0 Å². The monoisotopic (exact) mass is 322 g/mol. The summed E-state index contributed by atoms with van der Waals surface area (Å²) in [6.45, 7) is -0.250. The highest BCUT2D eigenvalue weighted by Crippen LogP contribution is 2.34. The summed E-state index contributed by atoms with van der Waals surface area (Å²) in [5.41, 5.74) is 0.361. The van der Waals surface area contributed by atoms with Crippen molar-refractivity contribution in [3.05, 3.63) is 48.6 Å². The maximum absolute atomic E-state index is 14.1. The van der Waals surface area contributed by atoms with Crippen LogP contribution in [0, 0.1) is 5.92 Å². The lowest BCUT2D eigenvalue weighted by Gasteiger charge is -2.37. The zero-order chi connectivity index (χ0) is 16.3. The van der Waals surface area contributed by atoms with Gasteiger partial charge in [0, 0.05) is 31.8 Å². The Bertz CT molecular complexity index is 647. The molecule has 3 rings (SSSR count). The van der Waals surface area contributed by atoms with Crippen LogP contribution in [0.1, 0.15) is 16.8 Å². The number of aromatic nitrogens is 1. The molecule has 1 aliphatic heterocycles. The van der Waals surface area contributed by atoms with Crippen LogP contribution in [-0.4, -0.2) is 41.4 Å². The Morgan fingerprint density at radius 1 is 1.43 bits per heavy atom. The summed E-state index contributed by atoms with van der Waals surface area (Å²) in [5, 5.41) is 0. The Morgan fingerprint density at radius 2 is 2.30 bits per heavy atom. The first-order valence-corrected chi connectivity index (χ1v) is 7.29. The third kappa shape index (κ3) is 3.49. The molecule has 0 aliphatic carbocycles. The smallest absolute Gasteiger partial charge is 0.257 e. The fourth-order valence-corrected chi connectivity index (χ4v) is 2.53. The van der Waals surface area contributed by atoms with Gasteiger partial charge in [-0.3, -0.25) is 4.79 Å². The molecule has 7 heteroatoms. The second kappa shape index (κ2) is 6.36. The van der Waals surface area contributed by atoms with Gasteiger partial charge in [0.25, 0.3) is 11.8 Å². The summed E-state index contributed by atoms with van der Waals surface area (Å²) in [4.78, 5) is 17.6. The standard InChI is InChI=1S/C16H16F2N2O3/c17-16(18)5-7-20(15(21)12-4-8-22-10-12)9-13(16)11-23-14-3-1-2-6-19-14/h1-4,6,8,10,13H,5,7,9,11H2. The van der Waals surface area contributed by atoms with E-state index < -0.39 is 11.8 Å². The van der Waals surface area contributed by atoms with Gasteiger partial charge in [-0.25, -0.2) is 13.8 Å². The molecule has 1 saturated heterocycles. The van der Waals surface area contributed by atoms with Crippen LogP contribution < -0.4 is 4.74 Å². The number of rotatable bonds is 4. The van der Waals surface area contributed by atoms with Gasteiger partial charge in [-0.2, -0.15) is 0 Å². The summed E-state index contributed by atoms with van der Waals surface area (Å²) in [5.74, 6) is -3.96. The van der Waals surface area contributed by atoms with Crippen LogP contribution in [0.15, 0.2) is 47.4 Å². The molecule has 3 heterocycles. The van der Waals surface area contributed by atoms with Crippen LogP contribution >= 0.6 is 0 Å². The molecule has 2 aromatic heterocycles. The SMILES string of the molecule is O=C(c1ccoc1)N1CCC(F)(F)C(COc2ccccn2)C1. The van der Waals surface area contributed by atoms with Gasteiger partial charge >= 0.3 is 0 Å². The van der Waals surface area contributed by atoms with Crippen molar-refractivity contribution in [2.45, 2.75) is 12.3 Å². The van der Waals surface area contributed by atoms with Crippen molar-refractivity contribution >= 4 is 5.91 Å². The molecule has 122 valence electrons. The van der Waals surface area contributed by atoms with Gasteiger partial charge in [-0.05, 0) is 12.1 Å². The second-order valence-electron chi connectivity index (χ2n) is 5.45. The van der Waals surface area contributed by atoms with E-state index in [0.29, 0.717) is 11.4 Å². The van der Waals surface area contributed by atoms with Crippen LogP contribution in [0.25, 0.3) is 0 Å². The number of ether oxygens (including phenoxy) is 1. The average molecular weight is 322 g/mol. The van der Waals surface area contributed by atoms with Crippen molar-refractivity contribution in [3.8, 4) is 5.88 Å². The molecular formula is C16H16F2N2O3. The van der Waals surface area contributed by atoms with Gasteiger partial charge in [-0.15, -0.1) is 0 Å². The van der Waals surface area contributed by atoms with Crippen molar-refractivity contribution in [1.29, 1.82) is 0 Å². The molecule has 0 bridgehead atoms. The van der Waals surface area contributed by atoms with Gasteiger partial charge < -0.3 is 14.1 Å². The Labute approximate surface area is 131 Å². The molecular weight excluding hydrogens is 306 g/mol. The van der Waals surface area contributed by atoms with E-state index in [9.17, 15) is 13.6 Å². The number of halogens is 2. The van der Waals surface area contributed by atoms with Crippen molar-refractivity contribution in [3.63, 3.8) is 0 Å². The molecule has 1 atom stereocenters. The highest BCUT2D eigenvalue weighted by atomic mass is 19.3. The fraction of sp³-hybridized carbons (Fsp3) is 0.375. The van der Waals surface area contributed by atoms with Crippen LogP contribution in [-0.2, 0) is 0 Å². The number of hydrogen-bond acceptors (Lipinski definition) is 4. The topological polar surface area (TPSA) is 55.6 Å². The molecule has 1 unspecified atom stereocenters. The second-order valence-corrected chi connectivity index (χ2v) is 5.45. The molecule has 0 saturated carbocycles. The summed E-state index contributed by atoms with van der Waals surface area (Å²) < 4.78 is 38.4. The Hall–Kier alpha value is -2.44. The van der Waals surface area contributed by atoms with Gasteiger partial charge in [0.2, 0.25) is 5.88 Å². The predicted octanol–water partition coefficient (Wildman–Crippen LogP) is 2.85. The van der Waals surface area contributed by atoms with Crippen LogP contribution in [0.2, 0.25) is 0 Å². The van der Waals surface area contributed by atoms with E-state index in [4.69, 9.17) is 9.15 Å². The summed E-state index contributed by atoms with van der Waals surface area (Å²) in [7, 11) is 0. The number of hydrogen-bond donors (Lipinski definition) is 0. The Kier molecular flexibility index (Phi) is 4.27. The maximum atomic E-state index is 14.1. The van der Waals surface area contributed by atoms with Crippen LogP contribution in [0.5, 0.6) is 5.88 Å². The number of furan rings is 1. The van der Waals surface area contributed by atoms with E-state index >= 15 is 0 Å². The first-order valence-electron chi connectivity index (χ1n) is 7.29. The number of amides is 1. The summed E-state index contributed by atoms with van der Waals surface area (Å²) in [6.07, 6.45) is 3.85. The molecule has 0 aromatic carbocycles. The predicted molar refractivity (Wildman–Crippen MR) is 77.4 cm³/mol. The van der Waals surface area contributed by atoms with Gasteiger partial charge in [-0.1, -0.05) is 6.07 Å². The summed E-state index contributed by atoms with van der Waals surface area (Å²) >= 11 is 0. The van der Waals surface area contributed by atoms with Crippen molar-refractivity contribution in [2.24, 2.45) is 5.92 Å². The maximum Gasteiger partial charge on any atom is 0.257 e. The first-order chi connectivity index (χ1) is 11.1. The molecule has 0 radical (unpaired) electrons. The van der Waals surface area contributed by atoms with E-state index in [1.807, 2.05) is 0 Å². The lowest BCUT2D eigenvalue weighted by molar-refractivity contribution is -0.110. The fourth-order valence-electron chi connectivity index (χ4n) is 2.53. The van der Waals surface area contributed by atoms with Crippen LogP contribution in [0.4, 0.5) is 8.78 Å². The highest BCUT2D eigenvalue weighted by molar-refractivity contribution is 5.93. The normalized spacial score (nSPS) is 20.3. The lowest BCUT2D eigenvalue weighted by Crippen LogP contribution is -2.51. The molecule has 0 N–H and O–H groups in total. The zero-order valence-corrected chi connectivity index (χ0v) is 12.3. The van der Waals surface area contributed by atoms with Gasteiger partial charge in [0.05, 0.1) is 17.7 Å². The van der Waals surface area contributed by atoms with Crippen molar-refractivity contribution < 1.29 is 22.7 Å². The number of pyridine rings is 1. The van der Waals surface area contributed by atoms with E-state index in [1.165, 1.54) is 29.7 Å². The first kappa shape index (κ1) is 15.5. The average Bonchev–Trinajstić information content (AvgIpc) is 3.08. The number of carbonyl (C=O) groups is 1. The number of carbonyl (C=O) groups excluding carboxylic acids is 1. The molecule has 1 fully saturated rings. The molecule has 5 nitrogen and oxygen atoms in total. The molecule has 2 aromatic rings. The number of piperidine rings is 1. The van der Waals surface area contributed by atoms with E-state index in [2.05, 4.69) is 4.98 Å². The van der Waals surface area contributed by atoms with E-state index in [-0.39, 0.29) is 32.0 Å². The minimum absolute atomic E-state index is 0.0110. The Morgan fingerprint density at radius 3 is 3.00 bits per heavy atom. The number of likely N-dealkylation sites (tertiary alicyclic amines) is 1. The number of nitrogens with zero attached hydrogens (tertiary/aromatic N) is 2. The lowest BCUT2D eigenvalue weighted by atomic mass is 9.94. The molecule has 0 spiro atoms. The molecule has 1 aliphatic rings. The largest absolute Gasteiger partial charge is 0.477 e. The van der Waals surface area contributed by atoms with Crippen molar-refractivity contribution in [2.75, 3.05) is 19.7 Å². The van der Waals surface area contributed by atoms with Crippen molar-refractivity contribution in [1.82, 2.24) is 9.88 Å².